The number of carbonyl (C=O) groups excluding carboxylic acids is 1. The number of carbonyl (C=O) groups is 2. The number of benzene rings is 1. The topological polar surface area (TPSA) is 57.6 Å². The van der Waals surface area contributed by atoms with Crippen LogP contribution in [0.1, 0.15) is 12.0 Å². The first-order valence-corrected chi connectivity index (χ1v) is 5.71. The van der Waals surface area contributed by atoms with Crippen LogP contribution in [0.5, 0.6) is 0 Å². The Balaban J connectivity index is 1.94. The monoisotopic (exact) mass is 243 g/mol. The van der Waals surface area contributed by atoms with Crippen molar-refractivity contribution in [2.24, 2.45) is 5.92 Å². The molecule has 1 saturated heterocycles. The fraction of sp³-hybridized carbons (Fsp3) is 0.286. The molecule has 0 bridgehead atoms. The lowest BCUT2D eigenvalue weighted by molar-refractivity contribution is -0.141. The third-order valence-corrected chi connectivity index (χ3v) is 2.84. The second kappa shape index (κ2) is 5.37. The Bertz CT molecular complexity index is 513. The number of likely N-dealkylation sites (tertiary alicyclic amines) is 1. The molecule has 1 fully saturated rings. The third-order valence-electron chi connectivity index (χ3n) is 2.84. The molecule has 1 heterocycles. The highest BCUT2D eigenvalue weighted by atomic mass is 16.4. The van der Waals surface area contributed by atoms with Crippen LogP contribution in [-0.2, 0) is 9.59 Å². The summed E-state index contributed by atoms with van der Waals surface area (Å²) in [5.74, 6) is 4.20. The Kier molecular flexibility index (Phi) is 3.63. The van der Waals surface area contributed by atoms with E-state index in [-0.39, 0.29) is 25.4 Å². The molecule has 1 amide bonds. The van der Waals surface area contributed by atoms with E-state index in [1.807, 2.05) is 30.3 Å². The van der Waals surface area contributed by atoms with Crippen LogP contribution in [0.3, 0.4) is 0 Å². The Labute approximate surface area is 105 Å². The maximum absolute atomic E-state index is 11.5. The van der Waals surface area contributed by atoms with E-state index in [4.69, 9.17) is 5.11 Å². The number of nitrogens with zero attached hydrogens (tertiary/aromatic N) is 1. The lowest BCUT2D eigenvalue weighted by Gasteiger charge is -2.11. The maximum atomic E-state index is 11.5. The van der Waals surface area contributed by atoms with Crippen molar-refractivity contribution in [3.63, 3.8) is 0 Å². The molecule has 1 aromatic carbocycles. The molecule has 2 rings (SSSR count). The predicted molar refractivity (Wildman–Crippen MR) is 65.6 cm³/mol. The summed E-state index contributed by atoms with van der Waals surface area (Å²) in [5.41, 5.74) is 0.888. The summed E-state index contributed by atoms with van der Waals surface area (Å²) in [4.78, 5) is 23.8. The van der Waals surface area contributed by atoms with Gasteiger partial charge in [0.1, 0.15) is 0 Å². The molecule has 92 valence electrons. The molecular weight excluding hydrogens is 230 g/mol. The molecule has 18 heavy (non-hydrogen) atoms. The second-order valence-electron chi connectivity index (χ2n) is 4.18. The average molecular weight is 243 g/mol. The van der Waals surface area contributed by atoms with Gasteiger partial charge in [-0.15, -0.1) is 0 Å². The van der Waals surface area contributed by atoms with Gasteiger partial charge in [-0.2, -0.15) is 0 Å². The van der Waals surface area contributed by atoms with Crippen molar-refractivity contribution < 1.29 is 14.7 Å². The fourth-order valence-corrected chi connectivity index (χ4v) is 1.85. The minimum absolute atomic E-state index is 0.0857. The summed E-state index contributed by atoms with van der Waals surface area (Å²) in [5, 5.41) is 8.84. The van der Waals surface area contributed by atoms with Gasteiger partial charge in [0.25, 0.3) is 0 Å². The van der Waals surface area contributed by atoms with Crippen molar-refractivity contribution in [2.45, 2.75) is 6.42 Å². The van der Waals surface area contributed by atoms with E-state index < -0.39 is 11.9 Å². The third kappa shape index (κ3) is 2.89. The number of amides is 1. The first-order valence-electron chi connectivity index (χ1n) is 5.71. The van der Waals surface area contributed by atoms with Crippen LogP contribution in [-0.4, -0.2) is 35.0 Å². The van der Waals surface area contributed by atoms with E-state index >= 15 is 0 Å². The van der Waals surface area contributed by atoms with Crippen LogP contribution < -0.4 is 0 Å². The number of carboxylic acid groups (broad SMARTS) is 1. The van der Waals surface area contributed by atoms with Crippen molar-refractivity contribution in [3.05, 3.63) is 35.9 Å². The molecule has 0 saturated carbocycles. The molecule has 1 aliphatic rings. The molecule has 0 radical (unpaired) electrons. The lowest BCUT2D eigenvalue weighted by atomic mass is 10.1. The van der Waals surface area contributed by atoms with E-state index in [1.165, 1.54) is 4.90 Å². The quantitative estimate of drug-likeness (QED) is 0.787. The summed E-state index contributed by atoms with van der Waals surface area (Å²) in [7, 11) is 0. The van der Waals surface area contributed by atoms with Crippen molar-refractivity contribution in [1.82, 2.24) is 4.90 Å². The Morgan fingerprint density at radius 2 is 2.11 bits per heavy atom. The molecule has 1 unspecified atom stereocenters. The summed E-state index contributed by atoms with van der Waals surface area (Å²) >= 11 is 0. The number of carboxylic acids is 1. The van der Waals surface area contributed by atoms with Crippen LogP contribution in [0, 0.1) is 17.8 Å². The lowest BCUT2D eigenvalue weighted by Crippen LogP contribution is -2.26. The van der Waals surface area contributed by atoms with E-state index in [2.05, 4.69) is 11.8 Å². The van der Waals surface area contributed by atoms with Gasteiger partial charge in [0.05, 0.1) is 12.5 Å². The highest BCUT2D eigenvalue weighted by Crippen LogP contribution is 2.17. The number of aliphatic carboxylic acids is 1. The van der Waals surface area contributed by atoms with Crippen molar-refractivity contribution in [3.8, 4) is 11.8 Å². The summed E-state index contributed by atoms with van der Waals surface area (Å²) < 4.78 is 0. The van der Waals surface area contributed by atoms with Gasteiger partial charge in [-0.1, -0.05) is 30.0 Å². The zero-order valence-corrected chi connectivity index (χ0v) is 9.80. The minimum Gasteiger partial charge on any atom is -0.481 e. The predicted octanol–water partition coefficient (Wildman–Crippen LogP) is 0.971. The van der Waals surface area contributed by atoms with E-state index in [1.54, 1.807) is 0 Å². The molecule has 0 aliphatic carbocycles. The fourth-order valence-electron chi connectivity index (χ4n) is 1.85. The molecule has 1 aromatic rings. The maximum Gasteiger partial charge on any atom is 0.308 e. The number of rotatable bonds is 2. The Hall–Kier alpha value is -2.28. The van der Waals surface area contributed by atoms with Crippen LogP contribution in [0.15, 0.2) is 30.3 Å². The van der Waals surface area contributed by atoms with Gasteiger partial charge in [-0.25, -0.2) is 0 Å². The Morgan fingerprint density at radius 1 is 1.39 bits per heavy atom. The van der Waals surface area contributed by atoms with E-state index in [0.717, 1.165) is 5.56 Å². The molecule has 0 spiro atoms. The second-order valence-corrected chi connectivity index (χ2v) is 4.18. The van der Waals surface area contributed by atoms with Gasteiger partial charge >= 0.3 is 5.97 Å². The SMILES string of the molecule is O=C(O)C1CC(=O)N(CC#Cc2ccccc2)C1. The molecule has 4 heteroatoms. The van der Waals surface area contributed by atoms with Crippen molar-refractivity contribution in [1.29, 1.82) is 0 Å². The van der Waals surface area contributed by atoms with Gasteiger partial charge in [0.2, 0.25) is 5.91 Å². The van der Waals surface area contributed by atoms with E-state index in [9.17, 15) is 9.59 Å². The summed E-state index contributed by atoms with van der Waals surface area (Å²) in [6, 6.07) is 9.47. The number of hydrogen-bond acceptors (Lipinski definition) is 2. The van der Waals surface area contributed by atoms with Crippen LogP contribution in [0.25, 0.3) is 0 Å². The van der Waals surface area contributed by atoms with Crippen LogP contribution in [0.4, 0.5) is 0 Å². The summed E-state index contributed by atoms with van der Waals surface area (Å²) in [6.45, 7) is 0.551. The van der Waals surface area contributed by atoms with Crippen LogP contribution >= 0.6 is 0 Å². The zero-order valence-electron chi connectivity index (χ0n) is 9.80. The van der Waals surface area contributed by atoms with Gasteiger partial charge in [-0.3, -0.25) is 9.59 Å². The molecule has 0 aromatic heterocycles. The van der Waals surface area contributed by atoms with Gasteiger partial charge in [0.15, 0.2) is 0 Å². The van der Waals surface area contributed by atoms with Gasteiger partial charge in [0, 0.05) is 18.5 Å². The van der Waals surface area contributed by atoms with Gasteiger partial charge < -0.3 is 10.0 Å². The molecule has 1 aliphatic heterocycles. The van der Waals surface area contributed by atoms with Crippen molar-refractivity contribution >= 4 is 11.9 Å². The largest absolute Gasteiger partial charge is 0.481 e. The smallest absolute Gasteiger partial charge is 0.308 e. The first kappa shape index (κ1) is 12.2. The zero-order chi connectivity index (χ0) is 13.0. The molecule has 1 N–H and O–H groups in total. The van der Waals surface area contributed by atoms with Gasteiger partial charge in [-0.05, 0) is 12.1 Å². The molecule has 4 nitrogen and oxygen atoms in total. The summed E-state index contributed by atoms with van der Waals surface area (Å²) in [6.07, 6.45) is 0.0857. The number of hydrogen-bond donors (Lipinski definition) is 1. The highest BCUT2D eigenvalue weighted by molar-refractivity contribution is 5.86. The Morgan fingerprint density at radius 3 is 2.72 bits per heavy atom. The first-order chi connectivity index (χ1) is 8.66. The normalized spacial score (nSPS) is 18.3. The molecule has 1 atom stereocenters. The standard InChI is InChI=1S/C14H13NO3/c16-13-9-12(14(17)18)10-15(13)8-4-7-11-5-2-1-3-6-11/h1-3,5-6,12H,8-10H2,(H,17,18). The minimum atomic E-state index is -0.915. The average Bonchev–Trinajstić information content (AvgIpc) is 2.73. The van der Waals surface area contributed by atoms with E-state index in [0.29, 0.717) is 0 Å². The highest BCUT2D eigenvalue weighted by Gasteiger charge is 2.33. The molecular formula is C14H13NO3. The van der Waals surface area contributed by atoms with Crippen molar-refractivity contribution in [2.75, 3.05) is 13.1 Å². The van der Waals surface area contributed by atoms with Crippen LogP contribution in [0.2, 0.25) is 0 Å².